The summed E-state index contributed by atoms with van der Waals surface area (Å²) >= 11 is 0. The van der Waals surface area contributed by atoms with Crippen LogP contribution in [0, 0.1) is 5.92 Å². The molecule has 3 rings (SSSR count). The van der Waals surface area contributed by atoms with Gasteiger partial charge in [0, 0.05) is 29.7 Å². The zero-order chi connectivity index (χ0) is 17.5. The van der Waals surface area contributed by atoms with Crippen molar-refractivity contribution < 1.29 is 28.2 Å². The van der Waals surface area contributed by atoms with Crippen LogP contribution in [0.5, 0.6) is 5.75 Å². The molecule has 0 radical (unpaired) electrons. The number of benzene rings is 1. The molecule has 7 heteroatoms. The molecule has 1 heterocycles. The van der Waals surface area contributed by atoms with Crippen LogP contribution in [0.4, 0.5) is 13.2 Å². The number of aliphatic hydroxyl groups excluding tert-OH is 1. The Morgan fingerprint density at radius 2 is 2.04 bits per heavy atom. The molecule has 1 aromatic heterocycles. The second-order valence-corrected chi connectivity index (χ2v) is 5.76. The van der Waals surface area contributed by atoms with Gasteiger partial charge in [0.2, 0.25) is 0 Å². The summed E-state index contributed by atoms with van der Waals surface area (Å²) in [6.45, 7) is -0.379. The molecule has 2 N–H and O–H groups in total. The van der Waals surface area contributed by atoms with Gasteiger partial charge < -0.3 is 10.2 Å². The quantitative estimate of drug-likeness (QED) is 0.903. The lowest BCUT2D eigenvalue weighted by Gasteiger charge is -2.13. The molecule has 2 aromatic rings. The van der Waals surface area contributed by atoms with Crippen LogP contribution in [0.15, 0.2) is 30.5 Å². The average Bonchev–Trinajstić information content (AvgIpc) is 2.82. The third kappa shape index (κ3) is 2.87. The van der Waals surface area contributed by atoms with E-state index >= 15 is 0 Å². The fourth-order valence-corrected chi connectivity index (χ4v) is 3.04. The summed E-state index contributed by atoms with van der Waals surface area (Å²) in [6.07, 6.45) is -3.12. The fourth-order valence-electron chi connectivity index (χ4n) is 3.04. The highest BCUT2D eigenvalue weighted by Crippen LogP contribution is 2.36. The molecule has 0 aliphatic heterocycles. The van der Waals surface area contributed by atoms with E-state index in [9.17, 15) is 23.1 Å². The molecule has 1 aliphatic carbocycles. The number of alkyl halides is 3. The Bertz CT molecular complexity index is 802. The van der Waals surface area contributed by atoms with Crippen LogP contribution in [0.3, 0.4) is 0 Å². The van der Waals surface area contributed by atoms with Gasteiger partial charge in [-0.3, -0.25) is 9.78 Å². The largest absolute Gasteiger partial charge is 0.508 e. The minimum atomic E-state index is -4.53. The summed E-state index contributed by atoms with van der Waals surface area (Å²) in [5.41, 5.74) is 0.196. The molecule has 126 valence electrons. The van der Waals surface area contributed by atoms with Gasteiger partial charge in [0.1, 0.15) is 5.75 Å². The van der Waals surface area contributed by atoms with Gasteiger partial charge in [0.25, 0.3) is 0 Å². The predicted octanol–water partition coefficient (Wildman–Crippen LogP) is 2.90. The molecule has 1 atom stereocenters. The number of aromatic nitrogens is 1. The number of aromatic hydroxyl groups is 1. The summed E-state index contributed by atoms with van der Waals surface area (Å²) in [6, 6.07) is 4.95. The van der Waals surface area contributed by atoms with Gasteiger partial charge in [-0.05, 0) is 36.2 Å². The molecule has 0 spiro atoms. The number of halogens is 3. The summed E-state index contributed by atoms with van der Waals surface area (Å²) in [5, 5.41) is 18.9. The Morgan fingerprint density at radius 3 is 2.71 bits per heavy atom. The highest BCUT2D eigenvalue weighted by atomic mass is 19.4. The van der Waals surface area contributed by atoms with E-state index in [0.29, 0.717) is 11.1 Å². The van der Waals surface area contributed by atoms with Crippen molar-refractivity contribution >= 4 is 5.78 Å². The van der Waals surface area contributed by atoms with Gasteiger partial charge in [-0.1, -0.05) is 0 Å². The number of rotatable bonds is 3. The number of ketones is 1. The van der Waals surface area contributed by atoms with Gasteiger partial charge in [-0.25, -0.2) is 0 Å². The van der Waals surface area contributed by atoms with Gasteiger partial charge >= 0.3 is 6.18 Å². The van der Waals surface area contributed by atoms with E-state index in [2.05, 4.69) is 4.98 Å². The van der Waals surface area contributed by atoms with Crippen LogP contribution < -0.4 is 0 Å². The topological polar surface area (TPSA) is 70.4 Å². The number of phenols is 1. The Morgan fingerprint density at radius 1 is 1.29 bits per heavy atom. The lowest BCUT2D eigenvalue weighted by molar-refractivity contribution is -0.138. The first-order valence-electron chi connectivity index (χ1n) is 7.32. The monoisotopic (exact) mass is 337 g/mol. The van der Waals surface area contributed by atoms with E-state index < -0.39 is 17.7 Å². The molecule has 24 heavy (non-hydrogen) atoms. The Kier molecular flexibility index (Phi) is 4.04. The van der Waals surface area contributed by atoms with Crippen molar-refractivity contribution in [2.75, 3.05) is 0 Å². The van der Waals surface area contributed by atoms with E-state index in [1.165, 1.54) is 24.4 Å². The predicted molar refractivity (Wildman–Crippen MR) is 78.5 cm³/mol. The Balaban J connectivity index is 1.90. The van der Waals surface area contributed by atoms with Gasteiger partial charge in [-0.15, -0.1) is 0 Å². The molecule has 0 saturated heterocycles. The molecule has 1 aliphatic rings. The number of pyridine rings is 1. The van der Waals surface area contributed by atoms with Crippen LogP contribution >= 0.6 is 0 Å². The second-order valence-electron chi connectivity index (χ2n) is 5.76. The van der Waals surface area contributed by atoms with Crippen molar-refractivity contribution in [3.8, 4) is 5.75 Å². The van der Waals surface area contributed by atoms with E-state index in [1.807, 2.05) is 0 Å². The average molecular weight is 337 g/mol. The maximum atomic E-state index is 13.0. The molecule has 4 nitrogen and oxygen atoms in total. The first-order valence-corrected chi connectivity index (χ1v) is 7.32. The fraction of sp³-hybridized carbons (Fsp3) is 0.294. The van der Waals surface area contributed by atoms with E-state index in [-0.39, 0.29) is 42.2 Å². The normalized spacial score (nSPS) is 17.2. The van der Waals surface area contributed by atoms with E-state index in [4.69, 9.17) is 5.11 Å². The number of Topliss-reactive ketones (excluding diaryl/α,β-unsaturated/α-hetero) is 1. The summed E-state index contributed by atoms with van der Waals surface area (Å²) in [7, 11) is 0. The summed E-state index contributed by atoms with van der Waals surface area (Å²) < 4.78 is 39.1. The minimum absolute atomic E-state index is 0.127. The first-order chi connectivity index (χ1) is 11.3. The molecular formula is C17H14F3NO3. The SMILES string of the molecule is O=C1c2cc(O)c(CO)cc2CC1Cc1ncccc1C(F)(F)F. The number of aliphatic hydroxyl groups is 1. The highest BCUT2D eigenvalue weighted by Gasteiger charge is 2.37. The second kappa shape index (κ2) is 5.90. The maximum Gasteiger partial charge on any atom is 0.418 e. The smallest absolute Gasteiger partial charge is 0.418 e. The third-order valence-corrected chi connectivity index (χ3v) is 4.21. The van der Waals surface area contributed by atoms with Crippen molar-refractivity contribution in [1.29, 1.82) is 0 Å². The van der Waals surface area contributed by atoms with Crippen molar-refractivity contribution in [2.45, 2.75) is 25.6 Å². The molecule has 1 aromatic carbocycles. The number of nitrogens with zero attached hydrogens (tertiary/aromatic N) is 1. The van der Waals surface area contributed by atoms with Crippen molar-refractivity contribution in [2.24, 2.45) is 5.92 Å². The van der Waals surface area contributed by atoms with Gasteiger partial charge in [-0.2, -0.15) is 13.2 Å². The zero-order valence-electron chi connectivity index (χ0n) is 12.5. The molecular weight excluding hydrogens is 323 g/mol. The zero-order valence-corrected chi connectivity index (χ0v) is 12.5. The number of hydrogen-bond donors (Lipinski definition) is 2. The molecule has 0 saturated carbocycles. The molecule has 1 unspecified atom stereocenters. The molecule has 0 bridgehead atoms. The van der Waals surface area contributed by atoms with Crippen LogP contribution in [-0.4, -0.2) is 21.0 Å². The Labute approximate surface area is 135 Å². The number of hydrogen-bond acceptors (Lipinski definition) is 4. The minimum Gasteiger partial charge on any atom is -0.508 e. The first kappa shape index (κ1) is 16.4. The number of carbonyl (C=O) groups excluding carboxylic acids is 1. The number of carbonyl (C=O) groups is 1. The van der Waals surface area contributed by atoms with Gasteiger partial charge in [0.05, 0.1) is 17.9 Å². The van der Waals surface area contributed by atoms with Gasteiger partial charge in [0.15, 0.2) is 5.78 Å². The van der Waals surface area contributed by atoms with Crippen molar-refractivity contribution in [3.63, 3.8) is 0 Å². The van der Waals surface area contributed by atoms with Crippen molar-refractivity contribution in [3.05, 3.63) is 58.4 Å². The van der Waals surface area contributed by atoms with Crippen molar-refractivity contribution in [1.82, 2.24) is 4.98 Å². The maximum absolute atomic E-state index is 13.0. The molecule has 0 amide bonds. The van der Waals surface area contributed by atoms with Crippen LogP contribution in [0.2, 0.25) is 0 Å². The van der Waals surface area contributed by atoms with Crippen LogP contribution in [-0.2, 0) is 25.6 Å². The lowest BCUT2D eigenvalue weighted by Crippen LogP contribution is -2.17. The molecule has 0 fully saturated rings. The number of fused-ring (bicyclic) bond motifs is 1. The summed E-state index contributed by atoms with van der Waals surface area (Å²) in [5.74, 6) is -1.17. The highest BCUT2D eigenvalue weighted by molar-refractivity contribution is 6.02. The van der Waals surface area contributed by atoms with E-state index in [0.717, 1.165) is 6.07 Å². The van der Waals surface area contributed by atoms with Crippen LogP contribution in [0.25, 0.3) is 0 Å². The van der Waals surface area contributed by atoms with Crippen LogP contribution in [0.1, 0.15) is 32.7 Å². The Hall–Kier alpha value is -2.41. The summed E-state index contributed by atoms with van der Waals surface area (Å²) in [4.78, 5) is 16.2. The van der Waals surface area contributed by atoms with E-state index in [1.54, 1.807) is 0 Å². The lowest BCUT2D eigenvalue weighted by atomic mass is 9.96. The third-order valence-electron chi connectivity index (χ3n) is 4.21. The standard InChI is InChI=1S/C17H14F3NO3/c18-17(19,20)13-2-1-3-21-14(13)6-10-4-9-5-11(8-22)15(23)7-12(9)16(10)24/h1-3,5,7,10,22-23H,4,6,8H2.